The van der Waals surface area contributed by atoms with Gasteiger partial charge in [0.1, 0.15) is 0 Å². The topological polar surface area (TPSA) is 54.3 Å². The number of amides is 1. The van der Waals surface area contributed by atoms with E-state index in [0.29, 0.717) is 38.4 Å². The molecule has 0 radical (unpaired) electrons. The van der Waals surface area contributed by atoms with Gasteiger partial charge < -0.3 is 9.80 Å². The standard InChI is InChI=1S/C21H20F3N5O/c22-21(23,24)17-7-4-8-18(13-17)27-9-11-28(12-10-27)20(30)19-15-29(26-25-19)14-16-5-2-1-3-6-16/h1-8,13,15H,9-12,14H2. The second-order valence-electron chi connectivity index (χ2n) is 7.11. The Morgan fingerprint density at radius 3 is 2.40 bits per heavy atom. The van der Waals surface area contributed by atoms with Crippen LogP contribution in [0.1, 0.15) is 21.6 Å². The van der Waals surface area contributed by atoms with E-state index < -0.39 is 11.7 Å². The third kappa shape index (κ3) is 4.45. The minimum atomic E-state index is -4.38. The summed E-state index contributed by atoms with van der Waals surface area (Å²) in [6, 6.07) is 15.0. The van der Waals surface area contributed by atoms with E-state index in [0.717, 1.165) is 17.7 Å². The number of aromatic nitrogens is 3. The highest BCUT2D eigenvalue weighted by Gasteiger charge is 2.31. The molecule has 3 aromatic rings. The number of carbonyl (C=O) groups is 1. The molecule has 1 aromatic heterocycles. The van der Waals surface area contributed by atoms with Crippen molar-refractivity contribution in [2.45, 2.75) is 12.7 Å². The molecule has 0 spiro atoms. The summed E-state index contributed by atoms with van der Waals surface area (Å²) in [7, 11) is 0. The Morgan fingerprint density at radius 1 is 0.967 bits per heavy atom. The number of anilines is 1. The molecule has 1 aliphatic heterocycles. The molecule has 30 heavy (non-hydrogen) atoms. The van der Waals surface area contributed by atoms with E-state index in [-0.39, 0.29) is 11.6 Å². The van der Waals surface area contributed by atoms with Crippen molar-refractivity contribution in [2.24, 2.45) is 0 Å². The summed E-state index contributed by atoms with van der Waals surface area (Å²) in [6.45, 7) is 2.22. The van der Waals surface area contributed by atoms with Crippen molar-refractivity contribution in [1.29, 1.82) is 0 Å². The highest BCUT2D eigenvalue weighted by atomic mass is 19.4. The lowest BCUT2D eigenvalue weighted by Crippen LogP contribution is -2.49. The maximum absolute atomic E-state index is 12.9. The zero-order chi connectivity index (χ0) is 21.1. The van der Waals surface area contributed by atoms with Crippen LogP contribution in [-0.4, -0.2) is 52.0 Å². The van der Waals surface area contributed by atoms with Crippen LogP contribution in [-0.2, 0) is 12.7 Å². The van der Waals surface area contributed by atoms with Gasteiger partial charge in [-0.05, 0) is 23.8 Å². The van der Waals surface area contributed by atoms with Crippen LogP contribution >= 0.6 is 0 Å². The maximum Gasteiger partial charge on any atom is 0.416 e. The van der Waals surface area contributed by atoms with Crippen molar-refractivity contribution >= 4 is 11.6 Å². The number of benzene rings is 2. The fourth-order valence-corrected chi connectivity index (χ4v) is 3.45. The van der Waals surface area contributed by atoms with Crippen molar-refractivity contribution in [3.05, 3.63) is 77.6 Å². The first-order valence-electron chi connectivity index (χ1n) is 9.56. The molecule has 9 heteroatoms. The zero-order valence-electron chi connectivity index (χ0n) is 16.1. The molecule has 0 atom stereocenters. The van der Waals surface area contributed by atoms with Crippen LogP contribution in [0.2, 0.25) is 0 Å². The number of alkyl halides is 3. The summed E-state index contributed by atoms with van der Waals surface area (Å²) < 4.78 is 40.4. The SMILES string of the molecule is O=C(c1cn(Cc2ccccc2)nn1)N1CCN(c2cccc(C(F)(F)F)c2)CC1. The van der Waals surface area contributed by atoms with E-state index in [1.165, 1.54) is 6.07 Å². The van der Waals surface area contributed by atoms with Gasteiger partial charge in [-0.2, -0.15) is 13.2 Å². The van der Waals surface area contributed by atoms with Crippen LogP contribution < -0.4 is 4.90 Å². The highest BCUT2D eigenvalue weighted by Crippen LogP contribution is 2.31. The van der Waals surface area contributed by atoms with Crippen molar-refractivity contribution in [3.8, 4) is 0 Å². The number of piperazine rings is 1. The summed E-state index contributed by atoms with van der Waals surface area (Å²) in [5.74, 6) is -0.224. The monoisotopic (exact) mass is 415 g/mol. The summed E-state index contributed by atoms with van der Waals surface area (Å²) in [5, 5.41) is 8.01. The van der Waals surface area contributed by atoms with E-state index in [9.17, 15) is 18.0 Å². The van der Waals surface area contributed by atoms with Gasteiger partial charge in [-0.1, -0.05) is 41.6 Å². The third-order valence-electron chi connectivity index (χ3n) is 5.05. The van der Waals surface area contributed by atoms with Gasteiger partial charge in [-0.3, -0.25) is 4.79 Å². The first kappa shape index (κ1) is 19.9. The molecule has 6 nitrogen and oxygen atoms in total. The number of carbonyl (C=O) groups excluding carboxylic acids is 1. The Kier molecular flexibility index (Phi) is 5.43. The first-order valence-corrected chi connectivity index (χ1v) is 9.56. The second-order valence-corrected chi connectivity index (χ2v) is 7.11. The molecular weight excluding hydrogens is 395 g/mol. The highest BCUT2D eigenvalue weighted by molar-refractivity contribution is 5.92. The summed E-state index contributed by atoms with van der Waals surface area (Å²) in [6.07, 6.45) is -2.76. The lowest BCUT2D eigenvalue weighted by molar-refractivity contribution is -0.137. The van der Waals surface area contributed by atoms with Gasteiger partial charge in [0.05, 0.1) is 18.3 Å². The Hall–Kier alpha value is -3.36. The Morgan fingerprint density at radius 2 is 1.70 bits per heavy atom. The molecule has 0 bridgehead atoms. The number of hydrogen-bond acceptors (Lipinski definition) is 4. The molecular formula is C21H20F3N5O. The van der Waals surface area contributed by atoms with Crippen LogP contribution in [0.25, 0.3) is 0 Å². The van der Waals surface area contributed by atoms with Crippen LogP contribution in [0, 0.1) is 0 Å². The van der Waals surface area contributed by atoms with Crippen molar-refractivity contribution in [1.82, 2.24) is 19.9 Å². The van der Waals surface area contributed by atoms with Gasteiger partial charge in [-0.15, -0.1) is 5.10 Å². The normalized spacial score (nSPS) is 14.8. The number of hydrogen-bond donors (Lipinski definition) is 0. The third-order valence-corrected chi connectivity index (χ3v) is 5.05. The second kappa shape index (κ2) is 8.17. The van der Waals surface area contributed by atoms with E-state index in [1.54, 1.807) is 21.8 Å². The minimum absolute atomic E-state index is 0.224. The van der Waals surface area contributed by atoms with E-state index >= 15 is 0 Å². The molecule has 0 unspecified atom stereocenters. The Balaban J connectivity index is 1.37. The van der Waals surface area contributed by atoms with Crippen LogP contribution in [0.15, 0.2) is 60.8 Å². The van der Waals surface area contributed by atoms with Gasteiger partial charge in [-0.25, -0.2) is 4.68 Å². The summed E-state index contributed by atoms with van der Waals surface area (Å²) in [4.78, 5) is 16.2. The average molecular weight is 415 g/mol. The number of rotatable bonds is 4. The predicted molar refractivity (Wildman–Crippen MR) is 105 cm³/mol. The lowest BCUT2D eigenvalue weighted by Gasteiger charge is -2.36. The molecule has 156 valence electrons. The number of nitrogens with zero attached hydrogens (tertiary/aromatic N) is 5. The average Bonchev–Trinajstić information content (AvgIpc) is 3.22. The van der Waals surface area contributed by atoms with E-state index in [1.807, 2.05) is 35.2 Å². The largest absolute Gasteiger partial charge is 0.416 e. The van der Waals surface area contributed by atoms with Gasteiger partial charge in [0.15, 0.2) is 5.69 Å². The summed E-state index contributed by atoms with van der Waals surface area (Å²) in [5.41, 5.74) is 1.15. The lowest BCUT2D eigenvalue weighted by atomic mass is 10.1. The minimum Gasteiger partial charge on any atom is -0.368 e. The summed E-state index contributed by atoms with van der Waals surface area (Å²) >= 11 is 0. The van der Waals surface area contributed by atoms with Crippen LogP contribution in [0.5, 0.6) is 0 Å². The van der Waals surface area contributed by atoms with Gasteiger partial charge in [0, 0.05) is 31.9 Å². The smallest absolute Gasteiger partial charge is 0.368 e. The van der Waals surface area contributed by atoms with Gasteiger partial charge in [0.25, 0.3) is 5.91 Å². The Bertz CT molecular complexity index is 1010. The van der Waals surface area contributed by atoms with Crippen molar-refractivity contribution < 1.29 is 18.0 Å². The first-order chi connectivity index (χ1) is 14.4. The number of halogens is 3. The van der Waals surface area contributed by atoms with E-state index in [4.69, 9.17) is 0 Å². The van der Waals surface area contributed by atoms with Crippen LogP contribution in [0.3, 0.4) is 0 Å². The van der Waals surface area contributed by atoms with Gasteiger partial charge >= 0.3 is 6.18 Å². The Labute approximate surface area is 171 Å². The molecule has 2 heterocycles. The molecule has 1 aliphatic rings. The molecule has 4 rings (SSSR count). The fraction of sp³-hybridized carbons (Fsp3) is 0.286. The van der Waals surface area contributed by atoms with Crippen molar-refractivity contribution in [3.63, 3.8) is 0 Å². The molecule has 1 fully saturated rings. The fourth-order valence-electron chi connectivity index (χ4n) is 3.45. The maximum atomic E-state index is 12.9. The van der Waals surface area contributed by atoms with Gasteiger partial charge in [0.2, 0.25) is 0 Å². The van der Waals surface area contributed by atoms with Crippen LogP contribution in [0.4, 0.5) is 18.9 Å². The quantitative estimate of drug-likeness (QED) is 0.656. The predicted octanol–water partition coefficient (Wildman–Crippen LogP) is 3.31. The molecule has 0 aliphatic carbocycles. The molecule has 0 N–H and O–H groups in total. The van der Waals surface area contributed by atoms with E-state index in [2.05, 4.69) is 10.3 Å². The molecule has 1 amide bonds. The van der Waals surface area contributed by atoms with Crippen molar-refractivity contribution in [2.75, 3.05) is 31.1 Å². The molecule has 2 aromatic carbocycles. The molecule has 1 saturated heterocycles. The molecule has 0 saturated carbocycles. The zero-order valence-corrected chi connectivity index (χ0v) is 16.1.